The number of hydrogen-bond donors (Lipinski definition) is 2. The molecule has 0 spiro atoms. The molecule has 2 atom stereocenters. The summed E-state index contributed by atoms with van der Waals surface area (Å²) in [6.07, 6.45) is 2.13. The van der Waals surface area contributed by atoms with Crippen LogP contribution in [0.4, 0.5) is 0 Å². The molecule has 2 amide bonds. The summed E-state index contributed by atoms with van der Waals surface area (Å²) >= 11 is 0. The zero-order valence-corrected chi connectivity index (χ0v) is 14.5. The van der Waals surface area contributed by atoms with Gasteiger partial charge in [-0.3, -0.25) is 14.7 Å². The smallest absolute Gasteiger partial charge is 0.253 e. The first-order valence-electron chi connectivity index (χ1n) is 8.66. The van der Waals surface area contributed by atoms with Gasteiger partial charge >= 0.3 is 0 Å². The molecule has 2 aromatic carbocycles. The molecule has 6 nitrogen and oxygen atoms in total. The number of carbonyl (C=O) groups is 2. The van der Waals surface area contributed by atoms with Gasteiger partial charge in [0.05, 0.1) is 23.3 Å². The maximum absolute atomic E-state index is 12.7. The second-order valence-corrected chi connectivity index (χ2v) is 6.67. The highest BCUT2D eigenvalue weighted by Gasteiger charge is 2.38. The van der Waals surface area contributed by atoms with Gasteiger partial charge < -0.3 is 10.2 Å². The topological polar surface area (TPSA) is 78.1 Å². The number of likely N-dealkylation sites (tertiary alicyclic amines) is 1. The molecule has 26 heavy (non-hydrogen) atoms. The number of para-hydroxylation sites is 1. The van der Waals surface area contributed by atoms with Crippen LogP contribution in [-0.4, -0.2) is 40.5 Å². The van der Waals surface area contributed by atoms with Crippen LogP contribution in [0, 0.1) is 5.92 Å². The second kappa shape index (κ2) is 6.63. The number of nitrogens with one attached hydrogen (secondary N) is 2. The van der Waals surface area contributed by atoms with E-state index < -0.39 is 0 Å². The van der Waals surface area contributed by atoms with Gasteiger partial charge in [0.1, 0.15) is 0 Å². The van der Waals surface area contributed by atoms with Crippen LogP contribution < -0.4 is 5.32 Å². The number of aromatic amines is 1. The van der Waals surface area contributed by atoms with Crippen LogP contribution in [-0.2, 0) is 4.79 Å². The van der Waals surface area contributed by atoms with Gasteiger partial charge in [-0.25, -0.2) is 0 Å². The highest BCUT2D eigenvalue weighted by Crippen LogP contribution is 2.36. The molecule has 0 bridgehead atoms. The average Bonchev–Trinajstić information content (AvgIpc) is 3.25. The van der Waals surface area contributed by atoms with Crippen molar-refractivity contribution in [1.29, 1.82) is 0 Å². The molecular formula is C20H20N4O2. The molecule has 0 unspecified atom stereocenters. The zero-order chi connectivity index (χ0) is 18.1. The number of hydrogen-bond acceptors (Lipinski definition) is 3. The third-order valence-corrected chi connectivity index (χ3v) is 5.08. The molecule has 1 fully saturated rings. The van der Waals surface area contributed by atoms with Gasteiger partial charge in [0.15, 0.2) is 0 Å². The number of amides is 2. The van der Waals surface area contributed by atoms with Crippen molar-refractivity contribution in [2.24, 2.45) is 5.92 Å². The molecule has 1 aliphatic rings. The van der Waals surface area contributed by atoms with Crippen LogP contribution in [0.15, 0.2) is 54.7 Å². The Labute approximate surface area is 151 Å². The summed E-state index contributed by atoms with van der Waals surface area (Å²) in [5, 5.41) is 10.8. The predicted octanol–water partition coefficient (Wildman–Crippen LogP) is 2.51. The Morgan fingerprint density at radius 3 is 2.85 bits per heavy atom. The minimum Gasteiger partial charge on any atom is -0.352 e. The van der Waals surface area contributed by atoms with Crippen LogP contribution >= 0.6 is 0 Å². The van der Waals surface area contributed by atoms with E-state index in [0.717, 1.165) is 16.5 Å². The Balaban J connectivity index is 1.52. The first kappa shape index (κ1) is 16.3. The average molecular weight is 348 g/mol. The van der Waals surface area contributed by atoms with Crippen LogP contribution in [0.3, 0.4) is 0 Å². The number of nitrogens with zero attached hydrogens (tertiary/aromatic N) is 2. The van der Waals surface area contributed by atoms with E-state index in [1.165, 1.54) is 0 Å². The zero-order valence-electron chi connectivity index (χ0n) is 14.5. The minimum absolute atomic E-state index is 0.0213. The largest absolute Gasteiger partial charge is 0.352 e. The Morgan fingerprint density at radius 1 is 1.23 bits per heavy atom. The van der Waals surface area contributed by atoms with Crippen molar-refractivity contribution in [3.8, 4) is 0 Å². The minimum atomic E-state index is -0.159. The van der Waals surface area contributed by atoms with Gasteiger partial charge in [-0.15, -0.1) is 0 Å². The normalized spacial score (nSPS) is 19.9. The first-order valence-corrected chi connectivity index (χ1v) is 8.66. The van der Waals surface area contributed by atoms with Crippen molar-refractivity contribution < 1.29 is 9.59 Å². The lowest BCUT2D eigenvalue weighted by Gasteiger charge is -2.25. The number of H-pyrrole nitrogens is 1. The first-order chi connectivity index (χ1) is 12.6. The molecule has 0 aliphatic carbocycles. The lowest BCUT2D eigenvalue weighted by molar-refractivity contribution is -0.127. The fraction of sp³-hybridized carbons (Fsp3) is 0.250. The van der Waals surface area contributed by atoms with E-state index in [9.17, 15) is 9.59 Å². The van der Waals surface area contributed by atoms with Crippen molar-refractivity contribution in [2.45, 2.75) is 12.5 Å². The summed E-state index contributed by atoms with van der Waals surface area (Å²) in [4.78, 5) is 26.7. The third kappa shape index (κ3) is 2.83. The number of aromatic nitrogens is 2. The number of fused-ring (bicyclic) bond motifs is 1. The van der Waals surface area contributed by atoms with Gasteiger partial charge in [0.25, 0.3) is 5.91 Å². The molecule has 0 radical (unpaired) electrons. The van der Waals surface area contributed by atoms with Gasteiger partial charge in [0, 0.05) is 31.3 Å². The van der Waals surface area contributed by atoms with E-state index in [1.54, 1.807) is 17.2 Å². The molecule has 6 heteroatoms. The molecule has 132 valence electrons. The van der Waals surface area contributed by atoms with Gasteiger partial charge in [-0.1, -0.05) is 42.5 Å². The van der Waals surface area contributed by atoms with E-state index in [1.807, 2.05) is 49.5 Å². The molecule has 4 rings (SSSR count). The second-order valence-electron chi connectivity index (χ2n) is 6.67. The van der Waals surface area contributed by atoms with Crippen molar-refractivity contribution in [3.63, 3.8) is 0 Å². The Morgan fingerprint density at radius 2 is 2.04 bits per heavy atom. The summed E-state index contributed by atoms with van der Waals surface area (Å²) in [6, 6.07) is 15.5. The summed E-state index contributed by atoms with van der Waals surface area (Å²) < 4.78 is 0. The highest BCUT2D eigenvalue weighted by molar-refractivity contribution is 6.05. The van der Waals surface area contributed by atoms with Crippen molar-refractivity contribution in [1.82, 2.24) is 20.4 Å². The molecule has 1 saturated heterocycles. The fourth-order valence-electron chi connectivity index (χ4n) is 3.76. The maximum atomic E-state index is 12.7. The van der Waals surface area contributed by atoms with Crippen LogP contribution in [0.2, 0.25) is 0 Å². The molecule has 2 heterocycles. The van der Waals surface area contributed by atoms with E-state index in [4.69, 9.17) is 0 Å². The SMILES string of the molecule is CN1C(=O)C[C@@H](CNC(=O)c2cccc3cn[nH]c23)[C@@H]1c1ccccc1. The quantitative estimate of drug-likeness (QED) is 0.760. The fourth-order valence-corrected chi connectivity index (χ4v) is 3.76. The van der Waals surface area contributed by atoms with Gasteiger partial charge in [-0.2, -0.15) is 5.10 Å². The lowest BCUT2D eigenvalue weighted by atomic mass is 9.93. The molecule has 2 N–H and O–H groups in total. The van der Waals surface area contributed by atoms with Crippen LogP contribution in [0.5, 0.6) is 0 Å². The highest BCUT2D eigenvalue weighted by atomic mass is 16.2. The van der Waals surface area contributed by atoms with Gasteiger partial charge in [0.2, 0.25) is 5.91 Å². The Kier molecular flexibility index (Phi) is 4.16. The number of benzene rings is 2. The van der Waals surface area contributed by atoms with Crippen molar-refractivity contribution in [3.05, 3.63) is 65.9 Å². The monoisotopic (exact) mass is 348 g/mol. The standard InChI is InChI=1S/C20H20N4O2/c1-24-17(25)10-15(19(24)13-6-3-2-4-7-13)11-21-20(26)16-9-5-8-14-12-22-23-18(14)16/h2-9,12,15,19H,10-11H2,1H3,(H,21,26)(H,22,23)/t15-,19-/m0/s1. The molecule has 1 aliphatic heterocycles. The Hall–Kier alpha value is -3.15. The molecular weight excluding hydrogens is 328 g/mol. The van der Waals surface area contributed by atoms with E-state index in [0.29, 0.717) is 18.5 Å². The molecule has 1 aromatic heterocycles. The molecule has 3 aromatic rings. The predicted molar refractivity (Wildman–Crippen MR) is 98.5 cm³/mol. The van der Waals surface area contributed by atoms with E-state index in [-0.39, 0.29) is 23.8 Å². The summed E-state index contributed by atoms with van der Waals surface area (Å²) in [6.45, 7) is 0.443. The van der Waals surface area contributed by atoms with Gasteiger partial charge in [-0.05, 0) is 11.6 Å². The summed E-state index contributed by atoms with van der Waals surface area (Å²) in [5.74, 6) is -0.0118. The van der Waals surface area contributed by atoms with Crippen molar-refractivity contribution in [2.75, 3.05) is 13.6 Å². The van der Waals surface area contributed by atoms with Crippen LogP contribution in [0.1, 0.15) is 28.4 Å². The Bertz CT molecular complexity index is 951. The van der Waals surface area contributed by atoms with Crippen molar-refractivity contribution >= 4 is 22.7 Å². The number of rotatable bonds is 4. The molecule has 0 saturated carbocycles. The summed E-state index contributed by atoms with van der Waals surface area (Å²) in [7, 11) is 1.83. The van der Waals surface area contributed by atoms with E-state index >= 15 is 0 Å². The number of carbonyl (C=O) groups excluding carboxylic acids is 2. The lowest BCUT2D eigenvalue weighted by Crippen LogP contribution is -2.32. The van der Waals surface area contributed by atoms with Crippen LogP contribution in [0.25, 0.3) is 10.9 Å². The third-order valence-electron chi connectivity index (χ3n) is 5.08. The maximum Gasteiger partial charge on any atom is 0.253 e. The van der Waals surface area contributed by atoms with E-state index in [2.05, 4.69) is 15.5 Å². The summed E-state index contributed by atoms with van der Waals surface area (Å²) in [5.41, 5.74) is 2.38.